The highest BCUT2D eigenvalue weighted by atomic mass is 16.5. The number of carbonyl (C=O) groups is 2. The molecule has 2 unspecified atom stereocenters. The maximum absolute atomic E-state index is 12.9. The average molecular weight is 452 g/mol. The number of hydrogen-bond donors (Lipinski definition) is 4. The lowest BCUT2D eigenvalue weighted by Crippen LogP contribution is -2.45. The van der Waals surface area contributed by atoms with Gasteiger partial charge in [-0.15, -0.1) is 0 Å². The van der Waals surface area contributed by atoms with Crippen LogP contribution in [0.4, 0.5) is 4.79 Å². The van der Waals surface area contributed by atoms with Crippen LogP contribution in [0.5, 0.6) is 5.75 Å². The van der Waals surface area contributed by atoms with E-state index in [-0.39, 0.29) is 42.5 Å². The van der Waals surface area contributed by atoms with E-state index >= 15 is 0 Å². The minimum absolute atomic E-state index is 0.0363. The minimum Gasteiger partial charge on any atom is -0.497 e. The zero-order valence-corrected chi connectivity index (χ0v) is 19.0. The van der Waals surface area contributed by atoms with Crippen molar-refractivity contribution in [3.05, 3.63) is 65.2 Å². The predicted octanol–water partition coefficient (Wildman–Crippen LogP) is 3.39. The maximum atomic E-state index is 12.9. The number of fused-ring (bicyclic) bond motifs is 1. The lowest BCUT2D eigenvalue weighted by Gasteiger charge is -2.29. The number of aliphatic hydroxyl groups is 1. The van der Waals surface area contributed by atoms with Crippen molar-refractivity contribution in [1.29, 1.82) is 0 Å². The van der Waals surface area contributed by atoms with Crippen LogP contribution in [0.2, 0.25) is 0 Å². The molecule has 2 aromatic rings. The number of urea groups is 1. The molecule has 1 saturated carbocycles. The molecular weight excluding hydrogens is 418 g/mol. The van der Waals surface area contributed by atoms with Gasteiger partial charge < -0.3 is 25.8 Å². The normalized spacial score (nSPS) is 23.9. The Labute approximate surface area is 194 Å². The van der Waals surface area contributed by atoms with Gasteiger partial charge in [0.15, 0.2) is 0 Å². The summed E-state index contributed by atoms with van der Waals surface area (Å²) in [5.41, 5.74) is 3.26. The second-order valence-electron chi connectivity index (χ2n) is 9.03. The first-order valence-corrected chi connectivity index (χ1v) is 11.7. The highest BCUT2D eigenvalue weighted by Gasteiger charge is 2.34. The largest absolute Gasteiger partial charge is 0.497 e. The number of rotatable bonds is 7. The highest BCUT2D eigenvalue weighted by Crippen LogP contribution is 2.40. The van der Waals surface area contributed by atoms with Crippen LogP contribution in [0.15, 0.2) is 48.5 Å². The second kappa shape index (κ2) is 10.7. The molecule has 2 aromatic carbocycles. The van der Waals surface area contributed by atoms with Gasteiger partial charge in [0, 0.05) is 24.4 Å². The first-order valence-electron chi connectivity index (χ1n) is 11.7. The summed E-state index contributed by atoms with van der Waals surface area (Å²) in [6.07, 6.45) is 3.83. The van der Waals surface area contributed by atoms with E-state index in [0.29, 0.717) is 6.54 Å². The maximum Gasteiger partial charge on any atom is 0.315 e. The van der Waals surface area contributed by atoms with E-state index in [1.165, 1.54) is 0 Å². The van der Waals surface area contributed by atoms with Gasteiger partial charge in [0.25, 0.3) is 0 Å². The first-order chi connectivity index (χ1) is 16.1. The number of amides is 3. The summed E-state index contributed by atoms with van der Waals surface area (Å²) < 4.78 is 5.14. The van der Waals surface area contributed by atoms with E-state index < -0.39 is 0 Å². The topological polar surface area (TPSA) is 99.7 Å². The third-order valence-corrected chi connectivity index (χ3v) is 6.91. The molecule has 2 aliphatic carbocycles. The van der Waals surface area contributed by atoms with Crippen LogP contribution >= 0.6 is 0 Å². The molecule has 0 heterocycles. The van der Waals surface area contributed by atoms with Gasteiger partial charge in [-0.25, -0.2) is 4.79 Å². The Balaban J connectivity index is 1.20. The Kier molecular flexibility index (Phi) is 7.50. The SMILES string of the molecule is COc1ccc(CNC(=O)NC2CCC(C(=O)NC3CC(CO)c4ccccc43)CC2)cc1. The van der Waals surface area contributed by atoms with Gasteiger partial charge in [-0.2, -0.15) is 0 Å². The van der Waals surface area contributed by atoms with Gasteiger partial charge in [0.2, 0.25) is 5.91 Å². The second-order valence-corrected chi connectivity index (χ2v) is 9.03. The number of carbonyl (C=O) groups excluding carboxylic acids is 2. The molecule has 33 heavy (non-hydrogen) atoms. The molecule has 4 N–H and O–H groups in total. The van der Waals surface area contributed by atoms with Crippen molar-refractivity contribution in [2.24, 2.45) is 5.92 Å². The smallest absolute Gasteiger partial charge is 0.315 e. The van der Waals surface area contributed by atoms with Crippen LogP contribution < -0.4 is 20.7 Å². The number of hydrogen-bond acceptors (Lipinski definition) is 4. The van der Waals surface area contributed by atoms with Crippen LogP contribution in [-0.2, 0) is 11.3 Å². The van der Waals surface area contributed by atoms with Crippen molar-refractivity contribution >= 4 is 11.9 Å². The van der Waals surface area contributed by atoms with Crippen molar-refractivity contribution in [2.75, 3.05) is 13.7 Å². The van der Waals surface area contributed by atoms with Gasteiger partial charge in [0.1, 0.15) is 5.75 Å². The fourth-order valence-electron chi connectivity index (χ4n) is 5.00. The fourth-order valence-corrected chi connectivity index (χ4v) is 5.00. The van der Waals surface area contributed by atoms with E-state index in [2.05, 4.69) is 16.0 Å². The Morgan fingerprint density at radius 2 is 1.67 bits per heavy atom. The summed E-state index contributed by atoms with van der Waals surface area (Å²) >= 11 is 0. The molecule has 7 nitrogen and oxygen atoms in total. The number of benzene rings is 2. The quantitative estimate of drug-likeness (QED) is 0.519. The molecule has 2 aliphatic rings. The van der Waals surface area contributed by atoms with Crippen molar-refractivity contribution in [2.45, 2.75) is 56.7 Å². The lowest BCUT2D eigenvalue weighted by molar-refractivity contribution is -0.126. The van der Waals surface area contributed by atoms with E-state index in [9.17, 15) is 14.7 Å². The zero-order chi connectivity index (χ0) is 23.2. The summed E-state index contributed by atoms with van der Waals surface area (Å²) in [5.74, 6) is 0.916. The monoisotopic (exact) mass is 451 g/mol. The van der Waals surface area contributed by atoms with Crippen LogP contribution in [0.25, 0.3) is 0 Å². The number of ether oxygens (including phenoxy) is 1. The molecule has 2 atom stereocenters. The lowest BCUT2D eigenvalue weighted by atomic mass is 9.85. The van der Waals surface area contributed by atoms with E-state index in [1.54, 1.807) is 7.11 Å². The van der Waals surface area contributed by atoms with Crippen molar-refractivity contribution < 1.29 is 19.4 Å². The van der Waals surface area contributed by atoms with E-state index in [1.807, 2.05) is 48.5 Å². The van der Waals surface area contributed by atoms with Gasteiger partial charge in [-0.1, -0.05) is 36.4 Å². The molecule has 0 spiro atoms. The third-order valence-electron chi connectivity index (χ3n) is 6.91. The number of methoxy groups -OCH3 is 1. The highest BCUT2D eigenvalue weighted by molar-refractivity contribution is 5.79. The molecular formula is C26H33N3O4. The van der Waals surface area contributed by atoms with E-state index in [0.717, 1.165) is 54.5 Å². The van der Waals surface area contributed by atoms with Crippen LogP contribution in [0.1, 0.15) is 60.8 Å². The van der Waals surface area contributed by atoms with Gasteiger partial charge >= 0.3 is 6.03 Å². The Morgan fingerprint density at radius 1 is 0.970 bits per heavy atom. The van der Waals surface area contributed by atoms with E-state index in [4.69, 9.17) is 4.74 Å². The molecule has 7 heteroatoms. The summed E-state index contributed by atoms with van der Waals surface area (Å²) in [4.78, 5) is 25.2. The molecule has 0 saturated heterocycles. The Bertz CT molecular complexity index is 954. The predicted molar refractivity (Wildman–Crippen MR) is 126 cm³/mol. The summed E-state index contributed by atoms with van der Waals surface area (Å²) in [7, 11) is 1.62. The van der Waals surface area contributed by atoms with Crippen molar-refractivity contribution in [3.63, 3.8) is 0 Å². The Hall–Kier alpha value is -3.06. The minimum atomic E-state index is -0.184. The summed E-state index contributed by atoms with van der Waals surface area (Å²) in [5, 5.41) is 18.8. The summed E-state index contributed by atoms with van der Waals surface area (Å²) in [6.45, 7) is 0.548. The van der Waals surface area contributed by atoms with Crippen molar-refractivity contribution in [3.8, 4) is 5.75 Å². The summed E-state index contributed by atoms with van der Waals surface area (Å²) in [6, 6.07) is 15.5. The van der Waals surface area contributed by atoms with Crippen LogP contribution in [0, 0.1) is 5.92 Å². The number of aliphatic hydroxyl groups excluding tert-OH is 1. The molecule has 176 valence electrons. The Morgan fingerprint density at radius 3 is 2.33 bits per heavy atom. The van der Waals surface area contributed by atoms with Gasteiger partial charge in [0.05, 0.1) is 19.8 Å². The molecule has 3 amide bonds. The molecule has 0 bridgehead atoms. The van der Waals surface area contributed by atoms with Crippen molar-refractivity contribution in [1.82, 2.24) is 16.0 Å². The molecule has 0 aromatic heterocycles. The molecule has 4 rings (SSSR count). The number of nitrogens with one attached hydrogen (secondary N) is 3. The molecule has 0 aliphatic heterocycles. The molecule has 1 fully saturated rings. The average Bonchev–Trinajstić information content (AvgIpc) is 3.21. The first kappa shape index (κ1) is 23.1. The zero-order valence-electron chi connectivity index (χ0n) is 19.0. The van der Waals surface area contributed by atoms with Crippen LogP contribution in [-0.4, -0.2) is 36.8 Å². The third kappa shape index (κ3) is 5.66. The van der Waals surface area contributed by atoms with Gasteiger partial charge in [-0.3, -0.25) is 4.79 Å². The fraction of sp³-hybridized carbons (Fsp3) is 0.462. The van der Waals surface area contributed by atoms with Crippen LogP contribution in [0.3, 0.4) is 0 Å². The van der Waals surface area contributed by atoms with Gasteiger partial charge in [-0.05, 0) is 60.9 Å². The standard InChI is InChI=1S/C26H33N3O4/c1-33-21-12-6-17(7-13-21)15-27-26(32)28-20-10-8-18(9-11-20)25(31)29-24-14-19(16-30)22-4-2-3-5-23(22)24/h2-7,12-13,18-20,24,30H,8-11,14-16H2,1H3,(H,29,31)(H2,27,28,32). The molecule has 0 radical (unpaired) electrons.